The van der Waals surface area contributed by atoms with Gasteiger partial charge in [0.2, 0.25) is 5.91 Å². The lowest BCUT2D eigenvalue weighted by molar-refractivity contribution is -0.115. The Bertz CT molecular complexity index is 500. The van der Waals surface area contributed by atoms with Gasteiger partial charge in [0.15, 0.2) is 11.6 Å². The van der Waals surface area contributed by atoms with Crippen LogP contribution in [0.5, 0.6) is 5.75 Å². The number of nitrogens with one attached hydrogen (secondary N) is 1. The van der Waals surface area contributed by atoms with Crippen molar-refractivity contribution in [2.24, 2.45) is 0 Å². The topological polar surface area (TPSA) is 41.6 Å². The molecule has 5 heteroatoms. The fraction of sp³-hybridized carbons (Fsp3) is 0.462. The van der Waals surface area contributed by atoms with Crippen molar-refractivity contribution in [3.63, 3.8) is 0 Å². The quantitative estimate of drug-likeness (QED) is 0.874. The number of halogens is 1. The van der Waals surface area contributed by atoms with Crippen LogP contribution >= 0.6 is 0 Å². The summed E-state index contributed by atoms with van der Waals surface area (Å²) >= 11 is 0. The van der Waals surface area contributed by atoms with Crippen molar-refractivity contribution in [3.05, 3.63) is 17.9 Å². The van der Waals surface area contributed by atoms with Gasteiger partial charge < -0.3 is 15.0 Å². The minimum atomic E-state index is -0.450. The standard InChI is InChI=1S/C13H15FN2O2/c1-18-12-7-11-10(6-9(12)14)15-13(17)4-5-16(11)8-2-3-8/h6-8H,2-5H2,1H3,(H,15,17). The minimum absolute atomic E-state index is 0.0658. The maximum atomic E-state index is 13.7. The second kappa shape index (κ2) is 4.15. The molecule has 1 amide bonds. The van der Waals surface area contributed by atoms with Crippen LogP contribution in [0.4, 0.5) is 15.8 Å². The van der Waals surface area contributed by atoms with Crippen molar-refractivity contribution in [3.8, 4) is 5.75 Å². The number of nitrogens with zero attached hydrogens (tertiary/aromatic N) is 1. The van der Waals surface area contributed by atoms with Crippen LogP contribution in [-0.2, 0) is 4.79 Å². The molecule has 4 nitrogen and oxygen atoms in total. The van der Waals surface area contributed by atoms with Crippen molar-refractivity contribution in [1.29, 1.82) is 0 Å². The van der Waals surface area contributed by atoms with E-state index in [9.17, 15) is 9.18 Å². The highest BCUT2D eigenvalue weighted by Gasteiger charge is 2.33. The summed E-state index contributed by atoms with van der Waals surface area (Å²) in [6.45, 7) is 0.679. The summed E-state index contributed by atoms with van der Waals surface area (Å²) in [6, 6.07) is 3.49. The van der Waals surface area contributed by atoms with E-state index in [2.05, 4.69) is 10.2 Å². The SMILES string of the molecule is COc1cc2c(cc1F)NC(=O)CCN2C1CC1. The number of anilines is 2. The Hall–Kier alpha value is -1.78. The Morgan fingerprint density at radius 3 is 2.89 bits per heavy atom. The molecule has 0 spiro atoms. The molecule has 1 aliphatic heterocycles. The van der Waals surface area contributed by atoms with Crippen LogP contribution in [-0.4, -0.2) is 25.6 Å². The zero-order valence-corrected chi connectivity index (χ0v) is 10.2. The van der Waals surface area contributed by atoms with Crippen molar-refractivity contribution in [2.75, 3.05) is 23.9 Å². The number of methoxy groups -OCH3 is 1. The number of carbonyl (C=O) groups excluding carboxylic acids is 1. The van der Waals surface area contributed by atoms with E-state index in [0.29, 0.717) is 24.7 Å². The molecule has 1 heterocycles. The summed E-state index contributed by atoms with van der Waals surface area (Å²) in [7, 11) is 1.45. The van der Waals surface area contributed by atoms with Gasteiger partial charge in [-0.2, -0.15) is 0 Å². The third kappa shape index (κ3) is 1.89. The summed E-state index contributed by atoms with van der Waals surface area (Å²) in [5.74, 6) is -0.297. The lowest BCUT2D eigenvalue weighted by Gasteiger charge is -2.24. The first kappa shape index (κ1) is 11.3. The van der Waals surface area contributed by atoms with Crippen LogP contribution in [0, 0.1) is 5.82 Å². The maximum Gasteiger partial charge on any atom is 0.226 e. The van der Waals surface area contributed by atoms with Gasteiger partial charge in [0.25, 0.3) is 0 Å². The number of rotatable bonds is 2. The second-order valence-electron chi connectivity index (χ2n) is 4.73. The monoisotopic (exact) mass is 250 g/mol. The zero-order chi connectivity index (χ0) is 12.7. The molecule has 3 rings (SSSR count). The molecule has 1 aromatic carbocycles. The van der Waals surface area contributed by atoms with E-state index in [0.717, 1.165) is 18.5 Å². The van der Waals surface area contributed by atoms with Gasteiger partial charge in [0.1, 0.15) is 0 Å². The summed E-state index contributed by atoms with van der Waals surface area (Å²) in [6.07, 6.45) is 2.70. The first-order valence-electron chi connectivity index (χ1n) is 6.13. The van der Waals surface area contributed by atoms with Gasteiger partial charge in [0, 0.05) is 31.1 Å². The summed E-state index contributed by atoms with van der Waals surface area (Å²) in [5, 5.41) is 2.75. The molecule has 0 radical (unpaired) electrons. The number of hydrogen-bond acceptors (Lipinski definition) is 3. The molecule has 18 heavy (non-hydrogen) atoms. The van der Waals surface area contributed by atoms with Crippen LogP contribution in [0.25, 0.3) is 0 Å². The fourth-order valence-corrected chi connectivity index (χ4v) is 2.36. The average molecular weight is 250 g/mol. The number of carbonyl (C=O) groups is 1. The molecule has 0 atom stereocenters. The second-order valence-corrected chi connectivity index (χ2v) is 4.73. The van der Waals surface area contributed by atoms with Crippen LogP contribution in [0.2, 0.25) is 0 Å². The Kier molecular flexibility index (Phi) is 2.61. The molecule has 1 fully saturated rings. The van der Waals surface area contributed by atoms with E-state index in [1.54, 1.807) is 6.07 Å². The molecule has 0 unspecified atom stereocenters. The lowest BCUT2D eigenvalue weighted by Crippen LogP contribution is -2.26. The van der Waals surface area contributed by atoms with Gasteiger partial charge in [-0.05, 0) is 12.8 Å². The molecule has 96 valence electrons. The van der Waals surface area contributed by atoms with E-state index in [1.807, 2.05) is 0 Å². The number of benzene rings is 1. The predicted molar refractivity (Wildman–Crippen MR) is 66.6 cm³/mol. The number of ether oxygens (including phenoxy) is 1. The highest BCUT2D eigenvalue weighted by Crippen LogP contribution is 2.40. The molecular weight excluding hydrogens is 235 g/mol. The normalized spacial score (nSPS) is 19.0. The molecule has 0 aromatic heterocycles. The summed E-state index contributed by atoms with van der Waals surface area (Å²) < 4.78 is 18.7. The zero-order valence-electron chi connectivity index (χ0n) is 10.2. The van der Waals surface area contributed by atoms with Gasteiger partial charge in [-0.3, -0.25) is 4.79 Å². The summed E-state index contributed by atoms with van der Waals surface area (Å²) in [4.78, 5) is 13.8. The molecule has 1 N–H and O–H groups in total. The predicted octanol–water partition coefficient (Wildman–Crippen LogP) is 2.15. The van der Waals surface area contributed by atoms with Gasteiger partial charge >= 0.3 is 0 Å². The van der Waals surface area contributed by atoms with Crippen molar-refractivity contribution < 1.29 is 13.9 Å². The molecule has 1 aliphatic carbocycles. The van der Waals surface area contributed by atoms with Gasteiger partial charge in [0.05, 0.1) is 18.5 Å². The molecule has 2 aliphatic rings. The third-order valence-electron chi connectivity index (χ3n) is 3.42. The molecular formula is C13H15FN2O2. The Labute approximate surface area is 105 Å². The van der Waals surface area contributed by atoms with E-state index in [-0.39, 0.29) is 11.7 Å². The molecule has 0 bridgehead atoms. The van der Waals surface area contributed by atoms with E-state index in [4.69, 9.17) is 4.74 Å². The Balaban J connectivity index is 2.07. The number of hydrogen-bond donors (Lipinski definition) is 1. The first-order valence-corrected chi connectivity index (χ1v) is 6.13. The van der Waals surface area contributed by atoms with Crippen LogP contribution < -0.4 is 15.0 Å². The largest absolute Gasteiger partial charge is 0.494 e. The highest BCUT2D eigenvalue weighted by atomic mass is 19.1. The van der Waals surface area contributed by atoms with Crippen molar-refractivity contribution in [2.45, 2.75) is 25.3 Å². The van der Waals surface area contributed by atoms with Crippen LogP contribution in [0.1, 0.15) is 19.3 Å². The molecule has 1 saturated carbocycles. The molecule has 0 saturated heterocycles. The van der Waals surface area contributed by atoms with Gasteiger partial charge in [-0.25, -0.2) is 4.39 Å². The smallest absolute Gasteiger partial charge is 0.226 e. The van der Waals surface area contributed by atoms with E-state index < -0.39 is 5.82 Å². The van der Waals surface area contributed by atoms with Gasteiger partial charge in [-0.1, -0.05) is 0 Å². The maximum absolute atomic E-state index is 13.7. The highest BCUT2D eigenvalue weighted by molar-refractivity contribution is 5.96. The van der Waals surface area contributed by atoms with E-state index >= 15 is 0 Å². The fourth-order valence-electron chi connectivity index (χ4n) is 2.36. The Morgan fingerprint density at radius 2 is 2.22 bits per heavy atom. The first-order chi connectivity index (χ1) is 8.69. The van der Waals surface area contributed by atoms with Gasteiger partial charge in [-0.15, -0.1) is 0 Å². The minimum Gasteiger partial charge on any atom is -0.494 e. The number of amides is 1. The van der Waals surface area contributed by atoms with Crippen LogP contribution in [0.15, 0.2) is 12.1 Å². The average Bonchev–Trinajstić information content (AvgIpc) is 3.15. The van der Waals surface area contributed by atoms with Crippen molar-refractivity contribution in [1.82, 2.24) is 0 Å². The third-order valence-corrected chi connectivity index (χ3v) is 3.42. The number of fused-ring (bicyclic) bond motifs is 1. The van der Waals surface area contributed by atoms with E-state index in [1.165, 1.54) is 13.2 Å². The van der Waals surface area contributed by atoms with Crippen molar-refractivity contribution >= 4 is 17.3 Å². The van der Waals surface area contributed by atoms with Crippen LogP contribution in [0.3, 0.4) is 0 Å². The Morgan fingerprint density at radius 1 is 1.44 bits per heavy atom. The molecule has 1 aromatic rings. The lowest BCUT2D eigenvalue weighted by atomic mass is 10.2. The summed E-state index contributed by atoms with van der Waals surface area (Å²) in [5.41, 5.74) is 1.41.